The van der Waals surface area contributed by atoms with Crippen molar-refractivity contribution in [2.24, 2.45) is 5.92 Å². The second kappa shape index (κ2) is 14.1. The van der Waals surface area contributed by atoms with Crippen molar-refractivity contribution in [2.45, 2.75) is 31.5 Å². The van der Waals surface area contributed by atoms with Gasteiger partial charge in [-0.15, -0.1) is 0 Å². The highest BCUT2D eigenvalue weighted by Gasteiger charge is 2.29. The minimum Gasteiger partial charge on any atom is -0.497 e. The lowest BCUT2D eigenvalue weighted by Gasteiger charge is -2.33. The summed E-state index contributed by atoms with van der Waals surface area (Å²) in [5.74, 6) is -0.861. The molecule has 1 aromatic carbocycles. The first-order valence-corrected chi connectivity index (χ1v) is 12.7. The maximum atomic E-state index is 9.77. The Morgan fingerprint density at radius 1 is 0.974 bits per heavy atom. The van der Waals surface area contributed by atoms with E-state index in [1.54, 1.807) is 7.11 Å². The average Bonchev–Trinajstić information content (AvgIpc) is 2.93. The van der Waals surface area contributed by atoms with E-state index < -0.39 is 24.1 Å². The van der Waals surface area contributed by atoms with Crippen LogP contribution in [0.1, 0.15) is 18.5 Å². The number of nitrogens with zero attached hydrogens (tertiary/aromatic N) is 3. The van der Waals surface area contributed by atoms with E-state index in [1.165, 1.54) is 16.8 Å². The largest absolute Gasteiger partial charge is 0.497 e. The number of piperazine rings is 1. The number of pyridine rings is 1. The van der Waals surface area contributed by atoms with Crippen LogP contribution in [0.5, 0.6) is 5.75 Å². The molecular weight excluding hydrogens is 494 g/mol. The van der Waals surface area contributed by atoms with Crippen LogP contribution in [0.25, 0.3) is 11.1 Å². The number of anilines is 1. The van der Waals surface area contributed by atoms with Gasteiger partial charge in [0.25, 0.3) is 0 Å². The molecule has 0 aliphatic carbocycles. The topological polar surface area (TPSA) is 153 Å². The summed E-state index contributed by atoms with van der Waals surface area (Å²) in [6, 6.07) is 12.9. The standard InChI is InChI=1S/C23H31N3O2.C4H6O6/c1-25-9-11-26(12-10-25)23-17-20(19-3-5-22(27-2)6-4-19)16-21(24-23)15-18-7-13-28-14-8-18;5-1(3(7)8)2(6)4(9)10/h3-6,16-18H,7-15H2,1-2H3;1-2,5-6H,(H,7,8)(H,9,10). The van der Waals surface area contributed by atoms with Gasteiger partial charge in [-0.2, -0.15) is 0 Å². The first kappa shape index (κ1) is 29.3. The van der Waals surface area contributed by atoms with Crippen LogP contribution >= 0.6 is 0 Å². The Kier molecular flexibility index (Phi) is 10.8. The maximum Gasteiger partial charge on any atom is 0.335 e. The Morgan fingerprint density at radius 2 is 1.55 bits per heavy atom. The van der Waals surface area contributed by atoms with E-state index >= 15 is 0 Å². The number of hydrogen-bond acceptors (Lipinski definition) is 9. The number of carboxylic acids is 2. The Bertz CT molecular complexity index is 1030. The fourth-order valence-corrected chi connectivity index (χ4v) is 4.34. The zero-order valence-corrected chi connectivity index (χ0v) is 21.8. The molecule has 4 rings (SSSR count). The molecule has 11 nitrogen and oxygen atoms in total. The summed E-state index contributed by atoms with van der Waals surface area (Å²) >= 11 is 0. The van der Waals surface area contributed by atoms with Crippen LogP contribution in [-0.2, 0) is 20.7 Å². The van der Waals surface area contributed by atoms with Gasteiger partial charge >= 0.3 is 11.9 Å². The molecule has 2 aliphatic rings. The maximum absolute atomic E-state index is 9.77. The van der Waals surface area contributed by atoms with Crippen molar-refractivity contribution in [2.75, 3.05) is 58.5 Å². The highest BCUT2D eigenvalue weighted by Crippen LogP contribution is 2.29. The van der Waals surface area contributed by atoms with Crippen molar-refractivity contribution in [3.05, 3.63) is 42.1 Å². The summed E-state index contributed by atoms with van der Waals surface area (Å²) in [6.45, 7) is 6.01. The third kappa shape index (κ3) is 8.38. The summed E-state index contributed by atoms with van der Waals surface area (Å²) in [5.41, 5.74) is 3.66. The zero-order valence-electron chi connectivity index (χ0n) is 21.8. The van der Waals surface area contributed by atoms with Crippen LogP contribution < -0.4 is 9.64 Å². The van der Waals surface area contributed by atoms with Crippen molar-refractivity contribution >= 4 is 17.8 Å². The van der Waals surface area contributed by atoms with E-state index in [1.807, 2.05) is 12.1 Å². The number of likely N-dealkylation sites (N-methyl/N-ethyl adjacent to an activating group) is 1. The lowest BCUT2D eigenvalue weighted by molar-refractivity contribution is -0.165. The van der Waals surface area contributed by atoms with Crippen LogP contribution in [0, 0.1) is 5.92 Å². The first-order chi connectivity index (χ1) is 18.2. The highest BCUT2D eigenvalue weighted by molar-refractivity contribution is 5.83. The van der Waals surface area contributed by atoms with Gasteiger partial charge in [0.1, 0.15) is 11.6 Å². The number of methoxy groups -OCH3 is 1. The molecule has 0 radical (unpaired) electrons. The SMILES string of the molecule is COc1ccc(-c2cc(CC3CCOCC3)nc(N3CCN(C)CC3)c2)cc1.O=C(O)C(O)C(O)C(=O)O. The zero-order chi connectivity index (χ0) is 27.7. The molecular formula is C27H37N3O8. The molecule has 4 N–H and O–H groups in total. The van der Waals surface area contributed by atoms with Crippen LogP contribution in [0.15, 0.2) is 36.4 Å². The van der Waals surface area contributed by atoms with Gasteiger partial charge in [0.15, 0.2) is 12.2 Å². The predicted octanol–water partition coefficient (Wildman–Crippen LogP) is 1.36. The third-order valence-corrected chi connectivity index (χ3v) is 6.76. The molecule has 0 bridgehead atoms. The van der Waals surface area contributed by atoms with E-state index in [4.69, 9.17) is 34.9 Å². The molecule has 2 atom stereocenters. The third-order valence-electron chi connectivity index (χ3n) is 6.76. The Morgan fingerprint density at radius 3 is 2.08 bits per heavy atom. The quantitative estimate of drug-likeness (QED) is 0.390. The Hall–Kier alpha value is -3.25. The molecule has 11 heteroatoms. The smallest absolute Gasteiger partial charge is 0.335 e. The van der Waals surface area contributed by atoms with Crippen LogP contribution in [0.3, 0.4) is 0 Å². The Labute approximate surface area is 222 Å². The molecule has 2 aromatic rings. The van der Waals surface area contributed by atoms with Crippen LogP contribution in [-0.4, -0.2) is 108 Å². The number of aliphatic hydroxyl groups excluding tert-OH is 2. The number of hydrogen-bond donors (Lipinski definition) is 4. The van der Waals surface area contributed by atoms with E-state index in [0.717, 1.165) is 70.2 Å². The number of ether oxygens (including phenoxy) is 2. The normalized spacial score (nSPS) is 18.2. The number of benzene rings is 1. The van der Waals surface area contributed by atoms with Gasteiger partial charge in [-0.25, -0.2) is 14.6 Å². The molecule has 0 spiro atoms. The average molecular weight is 532 g/mol. The van der Waals surface area contributed by atoms with E-state index in [-0.39, 0.29) is 0 Å². The summed E-state index contributed by atoms with van der Waals surface area (Å²) in [7, 11) is 3.90. The molecule has 1 aromatic heterocycles. The van der Waals surface area contributed by atoms with Gasteiger partial charge in [0, 0.05) is 45.1 Å². The monoisotopic (exact) mass is 531 g/mol. The highest BCUT2D eigenvalue weighted by atomic mass is 16.5. The summed E-state index contributed by atoms with van der Waals surface area (Å²) in [5, 5.41) is 32.5. The summed E-state index contributed by atoms with van der Waals surface area (Å²) < 4.78 is 10.9. The Balaban J connectivity index is 0.000000342. The lowest BCUT2D eigenvalue weighted by Crippen LogP contribution is -2.44. The fraction of sp³-hybridized carbons (Fsp3) is 0.519. The molecule has 0 saturated carbocycles. The molecule has 0 amide bonds. The molecule has 2 unspecified atom stereocenters. The fourth-order valence-electron chi connectivity index (χ4n) is 4.34. The number of carbonyl (C=O) groups is 2. The predicted molar refractivity (Wildman–Crippen MR) is 140 cm³/mol. The van der Waals surface area contributed by atoms with E-state index in [2.05, 4.69) is 41.1 Å². The van der Waals surface area contributed by atoms with Crippen LogP contribution in [0.4, 0.5) is 5.82 Å². The number of aliphatic carboxylic acids is 2. The van der Waals surface area contributed by atoms with Crippen molar-refractivity contribution in [1.29, 1.82) is 0 Å². The molecule has 2 fully saturated rings. The molecule has 2 aliphatic heterocycles. The van der Waals surface area contributed by atoms with Gasteiger partial charge in [-0.1, -0.05) is 12.1 Å². The second-order valence-electron chi connectivity index (χ2n) is 9.55. The van der Waals surface area contributed by atoms with Crippen molar-refractivity contribution < 1.29 is 39.5 Å². The van der Waals surface area contributed by atoms with E-state index in [0.29, 0.717) is 5.92 Å². The minimum absolute atomic E-state index is 0.674. The number of aliphatic hydroxyl groups is 2. The molecule has 38 heavy (non-hydrogen) atoms. The lowest BCUT2D eigenvalue weighted by atomic mass is 9.93. The van der Waals surface area contributed by atoms with Crippen LogP contribution in [0.2, 0.25) is 0 Å². The van der Waals surface area contributed by atoms with Gasteiger partial charge in [0.2, 0.25) is 0 Å². The molecule has 3 heterocycles. The van der Waals surface area contributed by atoms with Gasteiger partial charge in [-0.05, 0) is 67.6 Å². The van der Waals surface area contributed by atoms with Crippen molar-refractivity contribution in [3.8, 4) is 16.9 Å². The number of rotatable bonds is 8. The minimum atomic E-state index is -2.27. The van der Waals surface area contributed by atoms with Crippen molar-refractivity contribution in [3.63, 3.8) is 0 Å². The second-order valence-corrected chi connectivity index (χ2v) is 9.55. The number of carboxylic acid groups (broad SMARTS) is 2. The molecule has 2 saturated heterocycles. The number of aromatic nitrogens is 1. The van der Waals surface area contributed by atoms with Gasteiger partial charge in [0.05, 0.1) is 7.11 Å². The summed E-state index contributed by atoms with van der Waals surface area (Å²) in [6.07, 6.45) is -1.22. The van der Waals surface area contributed by atoms with Gasteiger partial charge < -0.3 is 39.7 Å². The summed E-state index contributed by atoms with van der Waals surface area (Å²) in [4.78, 5) is 29.4. The molecule has 208 valence electrons. The van der Waals surface area contributed by atoms with E-state index in [9.17, 15) is 9.59 Å². The van der Waals surface area contributed by atoms with Gasteiger partial charge in [-0.3, -0.25) is 0 Å². The van der Waals surface area contributed by atoms with Crippen molar-refractivity contribution in [1.82, 2.24) is 9.88 Å². The first-order valence-electron chi connectivity index (χ1n) is 12.7.